The van der Waals surface area contributed by atoms with Crippen LogP contribution in [0.25, 0.3) is 6.08 Å². The predicted octanol–water partition coefficient (Wildman–Crippen LogP) is 6.38. The minimum Gasteiger partial charge on any atom is -0.493 e. The van der Waals surface area contributed by atoms with Gasteiger partial charge in [-0.2, -0.15) is 0 Å². The first-order valence-corrected chi connectivity index (χ1v) is 10.0. The number of aryl methyl sites for hydroxylation is 1. The lowest BCUT2D eigenvalue weighted by molar-refractivity contribution is 0.104. The summed E-state index contributed by atoms with van der Waals surface area (Å²) in [5, 5.41) is 0. The Morgan fingerprint density at radius 2 is 1.62 bits per heavy atom. The van der Waals surface area contributed by atoms with E-state index in [1.807, 2.05) is 19.1 Å². The van der Waals surface area contributed by atoms with Crippen molar-refractivity contribution < 1.29 is 19.0 Å². The van der Waals surface area contributed by atoms with Crippen LogP contribution in [-0.2, 0) is 0 Å². The maximum atomic E-state index is 12.6. The third-order valence-electron chi connectivity index (χ3n) is 4.08. The third-order valence-corrected chi connectivity index (χ3v) is 4.08. The predicted molar refractivity (Wildman–Crippen MR) is 118 cm³/mol. The molecule has 0 unspecified atom stereocenters. The Hall–Kier alpha value is -3.01. The minimum absolute atomic E-state index is 0.0859. The molecule has 154 valence electrons. The third kappa shape index (κ3) is 6.83. The maximum Gasteiger partial charge on any atom is 0.185 e. The second kappa shape index (κ2) is 11.1. The van der Waals surface area contributed by atoms with Crippen molar-refractivity contribution in [2.45, 2.75) is 40.5 Å². The van der Waals surface area contributed by atoms with Crippen molar-refractivity contribution in [1.29, 1.82) is 0 Å². The quantitative estimate of drug-likeness (QED) is 0.252. The van der Waals surface area contributed by atoms with Crippen molar-refractivity contribution >= 4 is 11.9 Å². The molecule has 2 rings (SSSR count). The molecule has 0 N–H and O–H groups in total. The van der Waals surface area contributed by atoms with Crippen LogP contribution in [0, 0.1) is 6.92 Å². The minimum atomic E-state index is -0.0859. The lowest BCUT2D eigenvalue weighted by atomic mass is 10.1. The van der Waals surface area contributed by atoms with Crippen LogP contribution in [0.15, 0.2) is 54.8 Å². The Labute approximate surface area is 173 Å². The summed E-state index contributed by atoms with van der Waals surface area (Å²) < 4.78 is 17.1. The molecule has 0 aliphatic carbocycles. The van der Waals surface area contributed by atoms with Gasteiger partial charge in [0, 0.05) is 17.2 Å². The number of hydrogen-bond donors (Lipinski definition) is 0. The Bertz CT molecular complexity index is 863. The summed E-state index contributed by atoms with van der Waals surface area (Å²) in [5.41, 5.74) is 2.46. The van der Waals surface area contributed by atoms with Crippen molar-refractivity contribution in [3.63, 3.8) is 0 Å². The molecule has 0 fully saturated rings. The largest absolute Gasteiger partial charge is 0.493 e. The van der Waals surface area contributed by atoms with Gasteiger partial charge in [-0.1, -0.05) is 20.4 Å². The average Bonchev–Trinajstić information content (AvgIpc) is 2.70. The standard InChI is InChI=1S/C25H30O4/c1-6-14-27-24-17-25(28-15-7-2)21(16-19(24)5)10-13-23(26)20-8-11-22(12-9-20)29-18(3)4/h8-13,16-17H,3,6-7,14-15H2,1-2,4-5H3/b13-10+. The van der Waals surface area contributed by atoms with E-state index in [1.54, 1.807) is 43.3 Å². The molecule has 0 atom stereocenters. The van der Waals surface area contributed by atoms with E-state index in [0.29, 0.717) is 30.3 Å². The second-order valence-electron chi connectivity index (χ2n) is 6.88. The van der Waals surface area contributed by atoms with E-state index in [4.69, 9.17) is 14.2 Å². The number of allylic oxidation sites excluding steroid dienone is 2. The summed E-state index contributed by atoms with van der Waals surface area (Å²) in [6.07, 6.45) is 5.20. The van der Waals surface area contributed by atoms with Crippen LogP contribution < -0.4 is 14.2 Å². The molecule has 2 aromatic carbocycles. The maximum absolute atomic E-state index is 12.6. The summed E-state index contributed by atoms with van der Waals surface area (Å²) in [6.45, 7) is 12.9. The molecule has 0 aliphatic rings. The van der Waals surface area contributed by atoms with Crippen molar-refractivity contribution in [3.05, 3.63) is 71.5 Å². The van der Waals surface area contributed by atoms with E-state index in [1.165, 1.54) is 0 Å². The van der Waals surface area contributed by atoms with E-state index < -0.39 is 0 Å². The zero-order chi connectivity index (χ0) is 21.2. The van der Waals surface area contributed by atoms with Crippen LogP contribution in [-0.4, -0.2) is 19.0 Å². The number of benzene rings is 2. The van der Waals surface area contributed by atoms with E-state index in [9.17, 15) is 4.79 Å². The molecule has 0 heterocycles. The summed E-state index contributed by atoms with van der Waals surface area (Å²) in [5.74, 6) is 2.71. The average molecular weight is 395 g/mol. The van der Waals surface area contributed by atoms with Crippen LogP contribution in [0.4, 0.5) is 0 Å². The van der Waals surface area contributed by atoms with E-state index >= 15 is 0 Å². The second-order valence-corrected chi connectivity index (χ2v) is 6.88. The van der Waals surface area contributed by atoms with Gasteiger partial charge in [0.05, 0.1) is 19.0 Å². The topological polar surface area (TPSA) is 44.8 Å². The lowest BCUT2D eigenvalue weighted by Gasteiger charge is -2.14. The normalized spacial score (nSPS) is 10.8. The molecule has 4 heteroatoms. The number of carbonyl (C=O) groups is 1. The number of carbonyl (C=O) groups excluding carboxylic acids is 1. The van der Waals surface area contributed by atoms with Gasteiger partial charge in [-0.05, 0) is 74.7 Å². The van der Waals surface area contributed by atoms with Crippen LogP contribution >= 0.6 is 0 Å². The summed E-state index contributed by atoms with van der Waals surface area (Å²) in [7, 11) is 0. The highest BCUT2D eigenvalue weighted by atomic mass is 16.5. The van der Waals surface area contributed by atoms with Crippen molar-refractivity contribution in [1.82, 2.24) is 0 Å². The van der Waals surface area contributed by atoms with E-state index in [-0.39, 0.29) is 5.78 Å². The number of hydrogen-bond acceptors (Lipinski definition) is 4. The summed E-state index contributed by atoms with van der Waals surface area (Å²) in [6, 6.07) is 10.9. The molecular weight excluding hydrogens is 364 g/mol. The van der Waals surface area contributed by atoms with Crippen LogP contribution in [0.5, 0.6) is 17.2 Å². The van der Waals surface area contributed by atoms with Gasteiger partial charge in [-0.3, -0.25) is 4.79 Å². The van der Waals surface area contributed by atoms with E-state index in [2.05, 4.69) is 20.4 Å². The van der Waals surface area contributed by atoms with Crippen LogP contribution in [0.2, 0.25) is 0 Å². The van der Waals surface area contributed by atoms with Crippen LogP contribution in [0.3, 0.4) is 0 Å². The van der Waals surface area contributed by atoms with Crippen molar-refractivity contribution in [2.24, 2.45) is 0 Å². The van der Waals surface area contributed by atoms with Gasteiger partial charge in [-0.25, -0.2) is 0 Å². The summed E-state index contributed by atoms with van der Waals surface area (Å²) >= 11 is 0. The molecule has 0 aromatic heterocycles. The Morgan fingerprint density at radius 1 is 1.00 bits per heavy atom. The molecule has 0 bridgehead atoms. The van der Waals surface area contributed by atoms with Gasteiger partial charge in [0.2, 0.25) is 0 Å². The molecule has 2 aromatic rings. The van der Waals surface area contributed by atoms with Gasteiger partial charge in [0.25, 0.3) is 0 Å². The number of ketones is 1. The Kier molecular flexibility index (Phi) is 8.53. The zero-order valence-electron chi connectivity index (χ0n) is 17.8. The van der Waals surface area contributed by atoms with Gasteiger partial charge in [-0.15, -0.1) is 0 Å². The zero-order valence-corrected chi connectivity index (χ0v) is 17.8. The van der Waals surface area contributed by atoms with Crippen molar-refractivity contribution in [2.75, 3.05) is 13.2 Å². The highest BCUT2D eigenvalue weighted by Crippen LogP contribution is 2.30. The lowest BCUT2D eigenvalue weighted by Crippen LogP contribution is -2.02. The molecule has 4 nitrogen and oxygen atoms in total. The van der Waals surface area contributed by atoms with Crippen LogP contribution in [0.1, 0.15) is 55.1 Å². The molecule has 0 spiro atoms. The Balaban J connectivity index is 2.21. The highest BCUT2D eigenvalue weighted by Gasteiger charge is 2.09. The van der Waals surface area contributed by atoms with Gasteiger partial charge in [0.1, 0.15) is 17.2 Å². The van der Waals surface area contributed by atoms with Gasteiger partial charge >= 0.3 is 0 Å². The summed E-state index contributed by atoms with van der Waals surface area (Å²) in [4.78, 5) is 12.6. The molecule has 0 saturated carbocycles. The number of rotatable bonds is 11. The fraction of sp³-hybridized carbons (Fsp3) is 0.320. The molecule has 29 heavy (non-hydrogen) atoms. The first-order valence-electron chi connectivity index (χ1n) is 10.0. The molecule has 0 saturated heterocycles. The van der Waals surface area contributed by atoms with E-state index in [0.717, 1.165) is 35.5 Å². The smallest absolute Gasteiger partial charge is 0.185 e. The van der Waals surface area contributed by atoms with Crippen molar-refractivity contribution in [3.8, 4) is 17.2 Å². The molecule has 0 radical (unpaired) electrons. The SMILES string of the molecule is C=C(C)Oc1ccc(C(=O)/C=C/c2cc(C)c(OCCC)cc2OCCC)cc1. The first kappa shape index (κ1) is 22.3. The number of ether oxygens (including phenoxy) is 3. The molecule has 0 amide bonds. The monoisotopic (exact) mass is 394 g/mol. The van der Waals surface area contributed by atoms with Gasteiger partial charge < -0.3 is 14.2 Å². The Morgan fingerprint density at radius 3 is 2.21 bits per heavy atom. The van der Waals surface area contributed by atoms with Gasteiger partial charge in [0.15, 0.2) is 5.78 Å². The fourth-order valence-electron chi connectivity index (χ4n) is 2.68. The first-order chi connectivity index (χ1) is 13.9. The highest BCUT2D eigenvalue weighted by molar-refractivity contribution is 6.07. The molecular formula is C25H30O4. The molecule has 0 aliphatic heterocycles. The fourth-order valence-corrected chi connectivity index (χ4v) is 2.68.